The number of nitro benzene ring substituents is 1. The lowest BCUT2D eigenvalue weighted by molar-refractivity contribution is -0.385. The van der Waals surface area contributed by atoms with Crippen LogP contribution in [0.15, 0.2) is 30.6 Å². The SMILES string of the molecule is CN1CCN(c2ncnc(NCc3ccccc3[N+](=O)[O-])c2C=N)CC1. The van der Waals surface area contributed by atoms with Crippen molar-refractivity contribution in [3.8, 4) is 0 Å². The van der Waals surface area contributed by atoms with Crippen molar-refractivity contribution in [3.05, 3.63) is 51.8 Å². The highest BCUT2D eigenvalue weighted by molar-refractivity contribution is 5.91. The second kappa shape index (κ2) is 7.87. The number of nitrogens with one attached hydrogen (secondary N) is 2. The van der Waals surface area contributed by atoms with E-state index in [1.165, 1.54) is 18.6 Å². The maximum Gasteiger partial charge on any atom is 0.274 e. The molecular formula is C17H21N7O2. The molecule has 9 heteroatoms. The van der Waals surface area contributed by atoms with Crippen LogP contribution in [-0.2, 0) is 6.54 Å². The number of aromatic nitrogens is 2. The highest BCUT2D eigenvalue weighted by atomic mass is 16.6. The number of anilines is 2. The Kier molecular flexibility index (Phi) is 5.37. The fourth-order valence-electron chi connectivity index (χ4n) is 2.95. The molecule has 1 saturated heterocycles. The largest absolute Gasteiger partial charge is 0.365 e. The molecular weight excluding hydrogens is 334 g/mol. The second-order valence-corrected chi connectivity index (χ2v) is 6.13. The van der Waals surface area contributed by atoms with Crippen LogP contribution in [0.2, 0.25) is 0 Å². The van der Waals surface area contributed by atoms with E-state index in [9.17, 15) is 10.1 Å². The maximum absolute atomic E-state index is 11.1. The molecule has 9 nitrogen and oxygen atoms in total. The number of likely N-dealkylation sites (N-methyl/N-ethyl adjacent to an activating group) is 1. The Morgan fingerprint density at radius 2 is 2.00 bits per heavy atom. The summed E-state index contributed by atoms with van der Waals surface area (Å²) < 4.78 is 0. The first-order valence-corrected chi connectivity index (χ1v) is 8.35. The molecule has 1 aromatic carbocycles. The smallest absolute Gasteiger partial charge is 0.274 e. The Balaban J connectivity index is 1.82. The van der Waals surface area contributed by atoms with E-state index in [2.05, 4.69) is 32.1 Å². The summed E-state index contributed by atoms with van der Waals surface area (Å²) in [6.07, 6.45) is 2.69. The minimum atomic E-state index is -0.399. The van der Waals surface area contributed by atoms with E-state index in [0.29, 0.717) is 22.8 Å². The molecule has 0 atom stereocenters. The number of hydrogen-bond acceptors (Lipinski definition) is 8. The van der Waals surface area contributed by atoms with Crippen LogP contribution in [0, 0.1) is 15.5 Å². The zero-order chi connectivity index (χ0) is 18.5. The standard InChI is InChI=1S/C17H21N7O2/c1-22-6-8-23(9-7-22)17-14(10-18)16(20-12-21-17)19-11-13-4-2-3-5-15(13)24(25)26/h2-5,10,12,18H,6-9,11H2,1H3,(H,19,20,21). The first-order valence-electron chi connectivity index (χ1n) is 8.35. The molecule has 0 unspecified atom stereocenters. The van der Waals surface area contributed by atoms with Gasteiger partial charge in [0.1, 0.15) is 18.0 Å². The van der Waals surface area contributed by atoms with Gasteiger partial charge in [-0.3, -0.25) is 10.1 Å². The zero-order valence-electron chi connectivity index (χ0n) is 14.6. The molecule has 0 saturated carbocycles. The number of benzene rings is 1. The van der Waals surface area contributed by atoms with Crippen molar-refractivity contribution in [2.75, 3.05) is 43.4 Å². The molecule has 2 heterocycles. The van der Waals surface area contributed by atoms with Gasteiger partial charge in [-0.2, -0.15) is 0 Å². The molecule has 1 fully saturated rings. The molecule has 2 N–H and O–H groups in total. The van der Waals surface area contributed by atoms with Gasteiger partial charge in [0.2, 0.25) is 0 Å². The summed E-state index contributed by atoms with van der Waals surface area (Å²) >= 11 is 0. The van der Waals surface area contributed by atoms with Crippen LogP contribution in [0.4, 0.5) is 17.3 Å². The van der Waals surface area contributed by atoms with Crippen LogP contribution in [-0.4, -0.2) is 59.2 Å². The van der Waals surface area contributed by atoms with E-state index < -0.39 is 4.92 Å². The van der Waals surface area contributed by atoms with Crippen molar-refractivity contribution in [1.82, 2.24) is 14.9 Å². The van der Waals surface area contributed by atoms with Crippen molar-refractivity contribution >= 4 is 23.5 Å². The van der Waals surface area contributed by atoms with Crippen molar-refractivity contribution in [2.24, 2.45) is 0 Å². The van der Waals surface area contributed by atoms with Crippen LogP contribution in [0.3, 0.4) is 0 Å². The van der Waals surface area contributed by atoms with Crippen molar-refractivity contribution in [1.29, 1.82) is 5.41 Å². The predicted octanol–water partition coefficient (Wildman–Crippen LogP) is 1.75. The topological polar surface area (TPSA) is 111 Å². The zero-order valence-corrected chi connectivity index (χ0v) is 14.6. The quantitative estimate of drug-likeness (QED) is 0.461. The van der Waals surface area contributed by atoms with E-state index in [0.717, 1.165) is 26.2 Å². The Bertz CT molecular complexity index is 803. The summed E-state index contributed by atoms with van der Waals surface area (Å²) in [4.78, 5) is 23.7. The van der Waals surface area contributed by atoms with Gasteiger partial charge in [0.25, 0.3) is 5.69 Å². The Morgan fingerprint density at radius 1 is 1.27 bits per heavy atom. The molecule has 0 amide bonds. The highest BCUT2D eigenvalue weighted by Gasteiger charge is 2.20. The molecule has 0 bridgehead atoms. The molecule has 0 aliphatic carbocycles. The number of piperazine rings is 1. The first kappa shape index (κ1) is 17.7. The monoisotopic (exact) mass is 355 g/mol. The van der Waals surface area contributed by atoms with Crippen molar-refractivity contribution < 1.29 is 4.92 Å². The second-order valence-electron chi connectivity index (χ2n) is 6.13. The van der Waals surface area contributed by atoms with Crippen LogP contribution in [0.25, 0.3) is 0 Å². The molecule has 2 aromatic rings. The minimum Gasteiger partial charge on any atom is -0.365 e. The van der Waals surface area contributed by atoms with Crippen molar-refractivity contribution in [2.45, 2.75) is 6.54 Å². The van der Waals surface area contributed by atoms with Gasteiger partial charge >= 0.3 is 0 Å². The highest BCUT2D eigenvalue weighted by Crippen LogP contribution is 2.24. The molecule has 3 rings (SSSR count). The van der Waals surface area contributed by atoms with Crippen LogP contribution < -0.4 is 10.2 Å². The van der Waals surface area contributed by atoms with Gasteiger partial charge in [0, 0.05) is 50.6 Å². The molecule has 1 aliphatic heterocycles. The van der Waals surface area contributed by atoms with Gasteiger partial charge in [0.05, 0.1) is 10.5 Å². The lowest BCUT2D eigenvalue weighted by Gasteiger charge is -2.34. The van der Waals surface area contributed by atoms with Crippen LogP contribution >= 0.6 is 0 Å². The van der Waals surface area contributed by atoms with Crippen molar-refractivity contribution in [3.63, 3.8) is 0 Å². The average molecular weight is 355 g/mol. The number of para-hydroxylation sites is 1. The van der Waals surface area contributed by atoms with Crippen LogP contribution in [0.5, 0.6) is 0 Å². The van der Waals surface area contributed by atoms with Gasteiger partial charge in [0.15, 0.2) is 0 Å². The van der Waals surface area contributed by atoms with E-state index >= 15 is 0 Å². The lowest BCUT2D eigenvalue weighted by Crippen LogP contribution is -2.45. The molecule has 1 aliphatic rings. The van der Waals surface area contributed by atoms with E-state index in [1.54, 1.807) is 18.2 Å². The van der Waals surface area contributed by atoms with E-state index in [4.69, 9.17) is 5.41 Å². The summed E-state index contributed by atoms with van der Waals surface area (Å²) in [5.41, 5.74) is 1.22. The Morgan fingerprint density at radius 3 is 2.69 bits per heavy atom. The number of nitro groups is 1. The number of hydrogen-bond donors (Lipinski definition) is 2. The molecule has 136 valence electrons. The van der Waals surface area contributed by atoms with E-state index in [1.807, 2.05) is 0 Å². The Hall–Kier alpha value is -3.07. The predicted molar refractivity (Wildman–Crippen MR) is 100 cm³/mol. The van der Waals surface area contributed by atoms with Crippen LogP contribution in [0.1, 0.15) is 11.1 Å². The third-order valence-electron chi connectivity index (χ3n) is 4.44. The third kappa shape index (κ3) is 3.77. The maximum atomic E-state index is 11.1. The normalized spacial score (nSPS) is 14.9. The average Bonchev–Trinajstić information content (AvgIpc) is 2.66. The first-order chi connectivity index (χ1) is 12.6. The van der Waals surface area contributed by atoms with Gasteiger partial charge in [-0.05, 0) is 7.05 Å². The Labute approximate surface area is 151 Å². The van der Waals surface area contributed by atoms with Gasteiger partial charge in [-0.25, -0.2) is 9.97 Å². The summed E-state index contributed by atoms with van der Waals surface area (Å²) in [7, 11) is 2.08. The number of rotatable bonds is 6. The third-order valence-corrected chi connectivity index (χ3v) is 4.44. The summed E-state index contributed by atoms with van der Waals surface area (Å²) in [5, 5.41) is 22.1. The summed E-state index contributed by atoms with van der Waals surface area (Å²) in [5.74, 6) is 1.22. The minimum absolute atomic E-state index is 0.0600. The van der Waals surface area contributed by atoms with E-state index in [-0.39, 0.29) is 12.2 Å². The fraction of sp³-hybridized carbons (Fsp3) is 0.353. The summed E-state index contributed by atoms with van der Waals surface area (Å²) in [6, 6.07) is 6.58. The number of nitrogens with zero attached hydrogens (tertiary/aromatic N) is 5. The molecule has 1 aromatic heterocycles. The van der Waals surface area contributed by atoms with Gasteiger partial charge in [-0.15, -0.1) is 0 Å². The summed E-state index contributed by atoms with van der Waals surface area (Å²) in [6.45, 7) is 3.77. The van der Waals surface area contributed by atoms with Gasteiger partial charge < -0.3 is 20.5 Å². The van der Waals surface area contributed by atoms with Gasteiger partial charge in [-0.1, -0.05) is 18.2 Å². The lowest BCUT2D eigenvalue weighted by atomic mass is 10.1. The molecule has 0 spiro atoms. The molecule has 0 radical (unpaired) electrons. The fourth-order valence-corrected chi connectivity index (χ4v) is 2.95. The molecule has 26 heavy (non-hydrogen) atoms.